The summed E-state index contributed by atoms with van der Waals surface area (Å²) in [6, 6.07) is 4.01. The van der Waals surface area contributed by atoms with Gasteiger partial charge in [-0.15, -0.1) is 0 Å². The zero-order valence-electron chi connectivity index (χ0n) is 8.59. The minimum atomic E-state index is 0.135. The van der Waals surface area contributed by atoms with E-state index < -0.39 is 0 Å². The Morgan fingerprint density at radius 3 is 2.62 bits per heavy atom. The van der Waals surface area contributed by atoms with E-state index in [1.165, 1.54) is 7.11 Å². The van der Waals surface area contributed by atoms with Crippen LogP contribution in [0, 0.1) is 0 Å². The van der Waals surface area contributed by atoms with Crippen molar-refractivity contribution in [2.24, 2.45) is 0 Å². The summed E-state index contributed by atoms with van der Waals surface area (Å²) in [6.07, 6.45) is 4.01. The van der Waals surface area contributed by atoms with Gasteiger partial charge in [-0.25, -0.2) is 4.98 Å². The first-order valence-corrected chi connectivity index (χ1v) is 4.99. The maximum Gasteiger partial charge on any atom is 0.320 e. The van der Waals surface area contributed by atoms with Crippen LogP contribution < -0.4 is 4.74 Å². The maximum absolute atomic E-state index is 5.74. The number of rotatable bonds is 3. The third kappa shape index (κ3) is 2.64. The first-order chi connectivity index (χ1) is 7.78. The van der Waals surface area contributed by atoms with Crippen molar-refractivity contribution < 1.29 is 4.74 Å². The molecule has 0 aromatic carbocycles. The molecule has 0 aliphatic carbocycles. The van der Waals surface area contributed by atoms with Crippen LogP contribution in [0.4, 0.5) is 0 Å². The highest BCUT2D eigenvalue weighted by Crippen LogP contribution is 2.10. The van der Waals surface area contributed by atoms with E-state index in [-0.39, 0.29) is 11.3 Å². The Kier molecular flexibility index (Phi) is 3.26. The van der Waals surface area contributed by atoms with Crippen molar-refractivity contribution >= 4 is 11.6 Å². The first-order valence-electron chi connectivity index (χ1n) is 4.61. The van der Waals surface area contributed by atoms with Crippen LogP contribution in [-0.2, 0) is 6.42 Å². The SMILES string of the molecule is COc1nc(Cl)nc(Cc2ccncc2)n1. The van der Waals surface area contributed by atoms with Crippen molar-refractivity contribution in [2.45, 2.75) is 6.42 Å². The normalized spacial score (nSPS) is 10.1. The van der Waals surface area contributed by atoms with Crippen LogP contribution in [0.2, 0.25) is 5.28 Å². The molecule has 2 aromatic heterocycles. The molecule has 0 amide bonds. The molecular formula is C10H9ClN4O. The minimum absolute atomic E-state index is 0.135. The van der Waals surface area contributed by atoms with Gasteiger partial charge in [0.2, 0.25) is 5.28 Å². The first kappa shape index (κ1) is 10.8. The minimum Gasteiger partial charge on any atom is -0.467 e. The molecule has 82 valence electrons. The topological polar surface area (TPSA) is 60.8 Å². The molecule has 16 heavy (non-hydrogen) atoms. The van der Waals surface area contributed by atoms with Crippen LogP contribution in [0.5, 0.6) is 6.01 Å². The second-order valence-corrected chi connectivity index (χ2v) is 3.38. The van der Waals surface area contributed by atoms with Gasteiger partial charge in [0.05, 0.1) is 7.11 Å². The summed E-state index contributed by atoms with van der Waals surface area (Å²) in [7, 11) is 1.49. The van der Waals surface area contributed by atoms with E-state index in [9.17, 15) is 0 Å². The Labute approximate surface area is 97.5 Å². The fourth-order valence-electron chi connectivity index (χ4n) is 1.22. The lowest BCUT2D eigenvalue weighted by Gasteiger charge is -2.02. The average Bonchev–Trinajstić information content (AvgIpc) is 2.29. The lowest BCUT2D eigenvalue weighted by atomic mass is 10.2. The maximum atomic E-state index is 5.74. The fourth-order valence-corrected chi connectivity index (χ4v) is 1.39. The number of hydrogen-bond acceptors (Lipinski definition) is 5. The van der Waals surface area contributed by atoms with Gasteiger partial charge in [-0.1, -0.05) is 0 Å². The van der Waals surface area contributed by atoms with Crippen molar-refractivity contribution in [1.82, 2.24) is 19.9 Å². The Hall–Kier alpha value is -1.75. The molecule has 0 aliphatic rings. The molecule has 0 aliphatic heterocycles. The van der Waals surface area contributed by atoms with Crippen LogP contribution in [0.3, 0.4) is 0 Å². The zero-order chi connectivity index (χ0) is 11.4. The molecule has 2 aromatic rings. The summed E-state index contributed by atoms with van der Waals surface area (Å²) in [4.78, 5) is 15.9. The molecule has 0 saturated heterocycles. The molecule has 6 heteroatoms. The monoisotopic (exact) mass is 236 g/mol. The second kappa shape index (κ2) is 4.85. The van der Waals surface area contributed by atoms with Gasteiger partial charge in [0.25, 0.3) is 0 Å². The number of pyridine rings is 1. The molecule has 0 unspecified atom stereocenters. The molecule has 0 saturated carbocycles. The number of ether oxygens (including phenoxy) is 1. The quantitative estimate of drug-likeness (QED) is 0.809. The van der Waals surface area contributed by atoms with Gasteiger partial charge in [-0.3, -0.25) is 4.98 Å². The van der Waals surface area contributed by atoms with E-state index in [2.05, 4.69) is 19.9 Å². The lowest BCUT2D eigenvalue weighted by molar-refractivity contribution is 0.376. The van der Waals surface area contributed by atoms with Crippen molar-refractivity contribution in [3.8, 4) is 6.01 Å². The Balaban J connectivity index is 2.24. The Morgan fingerprint density at radius 2 is 1.94 bits per heavy atom. The number of methoxy groups -OCH3 is 1. The largest absolute Gasteiger partial charge is 0.467 e. The molecule has 0 bridgehead atoms. The summed E-state index contributed by atoms with van der Waals surface area (Å²) in [5.41, 5.74) is 1.05. The van der Waals surface area contributed by atoms with Gasteiger partial charge in [-0.05, 0) is 29.3 Å². The molecule has 0 radical (unpaired) electrons. The summed E-state index contributed by atoms with van der Waals surface area (Å²) < 4.78 is 4.91. The van der Waals surface area contributed by atoms with Gasteiger partial charge >= 0.3 is 6.01 Å². The summed E-state index contributed by atoms with van der Waals surface area (Å²) in [5, 5.41) is 0.135. The summed E-state index contributed by atoms with van der Waals surface area (Å²) >= 11 is 5.74. The van der Waals surface area contributed by atoms with Gasteiger partial charge in [0, 0.05) is 18.8 Å². The Bertz CT molecular complexity index is 478. The molecule has 2 rings (SSSR count). The van der Waals surface area contributed by atoms with E-state index in [4.69, 9.17) is 16.3 Å². The molecule has 0 fully saturated rings. The summed E-state index contributed by atoms with van der Waals surface area (Å²) in [5.74, 6) is 0.572. The van der Waals surface area contributed by atoms with Crippen LogP contribution in [-0.4, -0.2) is 27.0 Å². The third-order valence-electron chi connectivity index (χ3n) is 1.93. The molecule has 0 atom stereocenters. The van der Waals surface area contributed by atoms with Crippen molar-refractivity contribution in [3.05, 3.63) is 41.2 Å². The molecule has 2 heterocycles. The van der Waals surface area contributed by atoms with E-state index in [1.54, 1.807) is 12.4 Å². The molecule has 5 nitrogen and oxygen atoms in total. The predicted octanol–water partition coefficient (Wildman–Crippen LogP) is 1.52. The van der Waals surface area contributed by atoms with Gasteiger partial charge in [-0.2, -0.15) is 9.97 Å². The molecule has 0 spiro atoms. The highest BCUT2D eigenvalue weighted by atomic mass is 35.5. The van der Waals surface area contributed by atoms with Crippen LogP contribution >= 0.6 is 11.6 Å². The second-order valence-electron chi connectivity index (χ2n) is 3.04. The Morgan fingerprint density at radius 1 is 1.19 bits per heavy atom. The smallest absolute Gasteiger partial charge is 0.320 e. The highest BCUT2D eigenvalue weighted by molar-refractivity contribution is 6.28. The van der Waals surface area contributed by atoms with E-state index >= 15 is 0 Å². The van der Waals surface area contributed by atoms with Crippen LogP contribution in [0.25, 0.3) is 0 Å². The number of nitrogens with zero attached hydrogens (tertiary/aromatic N) is 4. The van der Waals surface area contributed by atoms with Crippen molar-refractivity contribution in [2.75, 3.05) is 7.11 Å². The zero-order valence-corrected chi connectivity index (χ0v) is 9.35. The molecular weight excluding hydrogens is 228 g/mol. The van der Waals surface area contributed by atoms with Gasteiger partial charge in [0.15, 0.2) is 0 Å². The van der Waals surface area contributed by atoms with Crippen LogP contribution in [0.15, 0.2) is 24.5 Å². The molecule has 0 N–H and O–H groups in total. The van der Waals surface area contributed by atoms with Crippen molar-refractivity contribution in [1.29, 1.82) is 0 Å². The van der Waals surface area contributed by atoms with E-state index in [1.807, 2.05) is 12.1 Å². The number of halogens is 1. The average molecular weight is 237 g/mol. The van der Waals surface area contributed by atoms with Gasteiger partial charge < -0.3 is 4.74 Å². The standard InChI is InChI=1S/C10H9ClN4O/c1-16-10-14-8(13-9(11)15-10)6-7-2-4-12-5-3-7/h2-5H,6H2,1H3. The fraction of sp³-hybridized carbons (Fsp3) is 0.200. The van der Waals surface area contributed by atoms with Gasteiger partial charge in [0.1, 0.15) is 5.82 Å². The van der Waals surface area contributed by atoms with E-state index in [0.29, 0.717) is 12.2 Å². The number of hydrogen-bond donors (Lipinski definition) is 0. The predicted molar refractivity (Wildman–Crippen MR) is 58.4 cm³/mol. The highest BCUT2D eigenvalue weighted by Gasteiger charge is 2.05. The van der Waals surface area contributed by atoms with Crippen molar-refractivity contribution in [3.63, 3.8) is 0 Å². The number of aromatic nitrogens is 4. The summed E-state index contributed by atoms with van der Waals surface area (Å²) in [6.45, 7) is 0. The third-order valence-corrected chi connectivity index (χ3v) is 2.10. The lowest BCUT2D eigenvalue weighted by Crippen LogP contribution is -2.02. The van der Waals surface area contributed by atoms with Crippen LogP contribution in [0.1, 0.15) is 11.4 Å². The van der Waals surface area contributed by atoms with E-state index in [0.717, 1.165) is 5.56 Å².